The number of hydrogen-bond donors (Lipinski definition) is 0. The molecule has 0 aliphatic rings. The molecule has 1 atom stereocenters. The highest BCUT2D eigenvalue weighted by Crippen LogP contribution is 2.31. The molecule has 0 aromatic carbocycles. The van der Waals surface area contributed by atoms with Gasteiger partial charge in [0, 0.05) is 0 Å². The van der Waals surface area contributed by atoms with Crippen LogP contribution in [0.3, 0.4) is 0 Å². The Morgan fingerprint density at radius 3 is 1.67 bits per heavy atom. The number of hydrogen-bond acceptors (Lipinski definition) is 4. The van der Waals surface area contributed by atoms with E-state index in [1.165, 1.54) is 44.9 Å². The molecule has 30 heavy (non-hydrogen) atoms. The van der Waals surface area contributed by atoms with Crippen LogP contribution in [0.1, 0.15) is 126 Å². The van der Waals surface area contributed by atoms with Crippen LogP contribution in [0.4, 0.5) is 0 Å². The van der Waals surface area contributed by atoms with E-state index in [2.05, 4.69) is 34.6 Å². The summed E-state index contributed by atoms with van der Waals surface area (Å²) in [5, 5.41) is 0. The summed E-state index contributed by atoms with van der Waals surface area (Å²) in [6, 6.07) is 0. The molecule has 0 N–H and O–H groups in total. The van der Waals surface area contributed by atoms with E-state index in [9.17, 15) is 9.59 Å². The lowest BCUT2D eigenvalue weighted by molar-refractivity contribution is -0.174. The fourth-order valence-corrected chi connectivity index (χ4v) is 4.09. The van der Waals surface area contributed by atoms with Gasteiger partial charge in [-0.1, -0.05) is 99.8 Å². The molecule has 0 heterocycles. The molecule has 0 aliphatic heterocycles. The molecule has 1 unspecified atom stereocenters. The summed E-state index contributed by atoms with van der Waals surface area (Å²) in [6.07, 6.45) is 12.7. The molecular formula is C26H50O4. The van der Waals surface area contributed by atoms with E-state index in [1.807, 2.05) is 13.8 Å². The fraction of sp³-hybridized carbons (Fsp3) is 0.923. The van der Waals surface area contributed by atoms with Gasteiger partial charge in [-0.15, -0.1) is 0 Å². The second-order valence-corrected chi connectivity index (χ2v) is 10.2. The minimum Gasteiger partial charge on any atom is -0.465 e. The van der Waals surface area contributed by atoms with Crippen LogP contribution < -0.4 is 0 Å². The third-order valence-electron chi connectivity index (χ3n) is 5.93. The number of carbonyl (C=O) groups excluding carboxylic acids is 2. The summed E-state index contributed by atoms with van der Waals surface area (Å²) in [5.41, 5.74) is -0.979. The highest BCUT2D eigenvalue weighted by atomic mass is 16.6. The van der Waals surface area contributed by atoms with Crippen molar-refractivity contribution in [3.63, 3.8) is 0 Å². The molecule has 0 amide bonds. The molecule has 0 saturated heterocycles. The summed E-state index contributed by atoms with van der Waals surface area (Å²) >= 11 is 0. The van der Waals surface area contributed by atoms with E-state index in [4.69, 9.17) is 9.47 Å². The van der Waals surface area contributed by atoms with Gasteiger partial charge in [0.05, 0.1) is 13.2 Å². The van der Waals surface area contributed by atoms with E-state index < -0.39 is 17.4 Å². The van der Waals surface area contributed by atoms with Gasteiger partial charge in [-0.25, -0.2) is 0 Å². The monoisotopic (exact) mass is 426 g/mol. The number of rotatable bonds is 17. The van der Waals surface area contributed by atoms with Crippen LogP contribution in [0.5, 0.6) is 0 Å². The fourth-order valence-electron chi connectivity index (χ4n) is 4.09. The first-order valence-corrected chi connectivity index (χ1v) is 12.5. The Hall–Kier alpha value is -1.06. The lowest BCUT2D eigenvalue weighted by Crippen LogP contribution is -2.41. The Morgan fingerprint density at radius 2 is 1.20 bits per heavy atom. The quantitative estimate of drug-likeness (QED) is 0.137. The average Bonchev–Trinajstić information content (AvgIpc) is 2.68. The van der Waals surface area contributed by atoms with Crippen LogP contribution in [-0.4, -0.2) is 25.2 Å². The van der Waals surface area contributed by atoms with Crippen molar-refractivity contribution in [2.75, 3.05) is 13.2 Å². The van der Waals surface area contributed by atoms with E-state index in [0.29, 0.717) is 26.1 Å². The zero-order chi connectivity index (χ0) is 23.0. The maximum atomic E-state index is 12.8. The van der Waals surface area contributed by atoms with E-state index in [-0.39, 0.29) is 11.3 Å². The molecular weight excluding hydrogens is 376 g/mol. The Bertz CT molecular complexity index is 460. The van der Waals surface area contributed by atoms with Crippen molar-refractivity contribution in [2.45, 2.75) is 126 Å². The number of unbranched alkanes of at least 4 members (excludes halogenated alkanes) is 8. The largest absolute Gasteiger partial charge is 0.465 e. The Balaban J connectivity index is 4.32. The normalized spacial score (nSPS) is 13.2. The van der Waals surface area contributed by atoms with E-state index in [1.54, 1.807) is 0 Å². The molecule has 0 rings (SSSR count). The highest BCUT2D eigenvalue weighted by molar-refractivity contribution is 6.00. The Kier molecular flexibility index (Phi) is 15.1. The van der Waals surface area contributed by atoms with Crippen LogP contribution in [0, 0.1) is 16.7 Å². The van der Waals surface area contributed by atoms with Gasteiger partial charge in [0.2, 0.25) is 0 Å². The molecule has 0 bridgehead atoms. The third kappa shape index (κ3) is 12.0. The van der Waals surface area contributed by atoms with Gasteiger partial charge in [-0.3, -0.25) is 9.59 Å². The van der Waals surface area contributed by atoms with Crippen LogP contribution >= 0.6 is 0 Å². The summed E-state index contributed by atoms with van der Waals surface area (Å²) in [7, 11) is 0. The first-order chi connectivity index (χ1) is 14.1. The third-order valence-corrected chi connectivity index (χ3v) is 5.93. The molecule has 4 nitrogen and oxygen atoms in total. The predicted molar refractivity (Wildman–Crippen MR) is 125 cm³/mol. The number of carbonyl (C=O) groups is 2. The summed E-state index contributed by atoms with van der Waals surface area (Å²) in [4.78, 5) is 25.6. The van der Waals surface area contributed by atoms with Crippen LogP contribution in [0.2, 0.25) is 0 Å². The van der Waals surface area contributed by atoms with Crippen molar-refractivity contribution in [1.29, 1.82) is 0 Å². The molecule has 0 aromatic rings. The van der Waals surface area contributed by atoms with Gasteiger partial charge in [0.1, 0.15) is 0 Å². The zero-order valence-corrected chi connectivity index (χ0v) is 21.1. The van der Waals surface area contributed by atoms with Gasteiger partial charge in [-0.2, -0.15) is 0 Å². The summed E-state index contributed by atoms with van der Waals surface area (Å²) in [6.45, 7) is 15.3. The standard InChI is InChI=1S/C26H50O4/c1-8-11-12-13-14-15-16-17-18-19-29-23(27)26(9-2,10-3)24(28)30-21-22(4)20-25(5,6)7/h22H,8-21H2,1-7H3. The molecule has 0 aromatic heterocycles. The van der Waals surface area contributed by atoms with Gasteiger partial charge >= 0.3 is 11.9 Å². The lowest BCUT2D eigenvalue weighted by Gasteiger charge is -2.28. The second-order valence-electron chi connectivity index (χ2n) is 10.2. The van der Waals surface area contributed by atoms with Crippen LogP contribution in [-0.2, 0) is 19.1 Å². The van der Waals surface area contributed by atoms with E-state index in [0.717, 1.165) is 19.3 Å². The second kappa shape index (κ2) is 15.7. The first kappa shape index (κ1) is 28.9. The highest BCUT2D eigenvalue weighted by Gasteiger charge is 2.46. The Labute approximate surface area is 186 Å². The average molecular weight is 427 g/mol. The number of ether oxygens (including phenoxy) is 2. The number of esters is 2. The topological polar surface area (TPSA) is 52.6 Å². The molecule has 178 valence electrons. The van der Waals surface area contributed by atoms with E-state index >= 15 is 0 Å². The molecule has 0 aliphatic carbocycles. The minimum atomic E-state index is -1.17. The predicted octanol–water partition coefficient (Wildman–Crippen LogP) is 7.48. The maximum absolute atomic E-state index is 12.8. The molecule has 4 heteroatoms. The van der Waals surface area contributed by atoms with Gasteiger partial charge < -0.3 is 9.47 Å². The van der Waals surface area contributed by atoms with Crippen molar-refractivity contribution in [3.05, 3.63) is 0 Å². The van der Waals surface area contributed by atoms with Crippen molar-refractivity contribution in [3.8, 4) is 0 Å². The SMILES string of the molecule is CCCCCCCCCCCOC(=O)C(CC)(CC)C(=O)OCC(C)CC(C)(C)C. The van der Waals surface area contributed by atoms with Crippen molar-refractivity contribution < 1.29 is 19.1 Å². The lowest BCUT2D eigenvalue weighted by atomic mass is 9.82. The maximum Gasteiger partial charge on any atom is 0.323 e. The molecule has 0 fully saturated rings. The summed E-state index contributed by atoms with van der Waals surface area (Å²) in [5.74, 6) is -0.579. The zero-order valence-electron chi connectivity index (χ0n) is 21.1. The smallest absolute Gasteiger partial charge is 0.323 e. The van der Waals surface area contributed by atoms with Gasteiger partial charge in [0.25, 0.3) is 0 Å². The molecule has 0 saturated carbocycles. The molecule has 0 radical (unpaired) electrons. The summed E-state index contributed by atoms with van der Waals surface area (Å²) < 4.78 is 11.1. The van der Waals surface area contributed by atoms with Gasteiger partial charge in [0.15, 0.2) is 5.41 Å². The first-order valence-electron chi connectivity index (χ1n) is 12.5. The van der Waals surface area contributed by atoms with Crippen molar-refractivity contribution in [2.24, 2.45) is 16.7 Å². The van der Waals surface area contributed by atoms with Gasteiger partial charge in [-0.05, 0) is 37.0 Å². The van der Waals surface area contributed by atoms with Crippen molar-refractivity contribution >= 4 is 11.9 Å². The van der Waals surface area contributed by atoms with Crippen LogP contribution in [0.15, 0.2) is 0 Å². The Morgan fingerprint density at radius 1 is 0.733 bits per heavy atom. The molecule has 0 spiro atoms. The minimum absolute atomic E-state index is 0.187. The van der Waals surface area contributed by atoms with Crippen molar-refractivity contribution in [1.82, 2.24) is 0 Å². The van der Waals surface area contributed by atoms with Crippen LogP contribution in [0.25, 0.3) is 0 Å².